The Labute approximate surface area is 108 Å². The van der Waals surface area contributed by atoms with Crippen LogP contribution >= 0.6 is 0 Å². The van der Waals surface area contributed by atoms with Crippen molar-refractivity contribution in [3.8, 4) is 0 Å². The number of hydrogen-bond acceptors (Lipinski definition) is 1. The molecule has 0 aromatic carbocycles. The van der Waals surface area contributed by atoms with Crippen molar-refractivity contribution < 1.29 is 0 Å². The first-order valence-corrected chi connectivity index (χ1v) is 7.87. The Balaban J connectivity index is 2.06. The van der Waals surface area contributed by atoms with E-state index in [4.69, 9.17) is 0 Å². The third-order valence-electron chi connectivity index (χ3n) is 4.71. The molecule has 2 aliphatic carbocycles. The van der Waals surface area contributed by atoms with E-state index < -0.39 is 0 Å². The summed E-state index contributed by atoms with van der Waals surface area (Å²) in [5, 5.41) is 0. The molecule has 0 aliphatic heterocycles. The minimum Gasteiger partial charge on any atom is -0.293 e. The molecule has 1 nitrogen and oxygen atoms in total. The van der Waals surface area contributed by atoms with Gasteiger partial charge in [0.1, 0.15) is 0 Å². The van der Waals surface area contributed by atoms with Crippen molar-refractivity contribution in [3.05, 3.63) is 0 Å². The van der Waals surface area contributed by atoms with Gasteiger partial charge in [0.2, 0.25) is 0 Å². The van der Waals surface area contributed by atoms with Gasteiger partial charge >= 0.3 is 0 Å². The van der Waals surface area contributed by atoms with Crippen LogP contribution in [0.15, 0.2) is 0 Å². The summed E-state index contributed by atoms with van der Waals surface area (Å²) in [6, 6.07) is 1.76. The van der Waals surface area contributed by atoms with Crippen LogP contribution in [0.1, 0.15) is 85.0 Å². The fourth-order valence-electron chi connectivity index (χ4n) is 4.11. The predicted octanol–water partition coefficient (Wildman–Crippen LogP) is 4.75. The van der Waals surface area contributed by atoms with Crippen LogP contribution in [-0.4, -0.2) is 22.5 Å². The fourth-order valence-corrected chi connectivity index (χ4v) is 4.11. The predicted molar refractivity (Wildman–Crippen MR) is 75.3 cm³/mol. The molecule has 100 valence electrons. The molecule has 2 saturated carbocycles. The Hall–Kier alpha value is -0.0400. The van der Waals surface area contributed by atoms with Gasteiger partial charge in [-0.05, 0) is 46.5 Å². The molecule has 0 heterocycles. The molecule has 0 N–H and O–H groups in total. The molecule has 0 radical (unpaired) electrons. The van der Waals surface area contributed by atoms with Crippen LogP contribution < -0.4 is 0 Å². The molecular formula is C16H31N. The van der Waals surface area contributed by atoms with Crippen LogP contribution in [0.25, 0.3) is 0 Å². The second-order valence-electron chi connectivity index (χ2n) is 7.16. The molecule has 0 aromatic heterocycles. The summed E-state index contributed by atoms with van der Waals surface area (Å²) in [6.45, 7) is 7.28. The van der Waals surface area contributed by atoms with Crippen LogP contribution in [0.3, 0.4) is 0 Å². The van der Waals surface area contributed by atoms with Crippen molar-refractivity contribution in [2.45, 2.75) is 103 Å². The summed E-state index contributed by atoms with van der Waals surface area (Å²) < 4.78 is 0. The summed E-state index contributed by atoms with van der Waals surface area (Å²) in [6.07, 6.45) is 14.6. The Morgan fingerprint density at radius 3 is 1.29 bits per heavy atom. The first-order chi connectivity index (χ1) is 8.09. The molecule has 0 spiro atoms. The molecule has 1 heteroatoms. The number of hydrogen-bond donors (Lipinski definition) is 0. The standard InChI is InChI=1S/C16H31N/c1-16(2,3)17(14-10-6-4-7-11-14)15-12-8-5-9-13-15/h14-15H,4-13H2,1-3H3. The molecule has 17 heavy (non-hydrogen) atoms. The monoisotopic (exact) mass is 237 g/mol. The van der Waals surface area contributed by atoms with Gasteiger partial charge in [-0.25, -0.2) is 0 Å². The first-order valence-electron chi connectivity index (χ1n) is 7.87. The molecule has 2 fully saturated rings. The Morgan fingerprint density at radius 2 is 1.00 bits per heavy atom. The maximum atomic E-state index is 2.91. The van der Waals surface area contributed by atoms with E-state index in [2.05, 4.69) is 25.7 Å². The van der Waals surface area contributed by atoms with Gasteiger partial charge in [-0.15, -0.1) is 0 Å². The van der Waals surface area contributed by atoms with Crippen molar-refractivity contribution >= 4 is 0 Å². The van der Waals surface area contributed by atoms with Gasteiger partial charge < -0.3 is 0 Å². The second-order valence-corrected chi connectivity index (χ2v) is 7.16. The fraction of sp³-hybridized carbons (Fsp3) is 1.00. The van der Waals surface area contributed by atoms with Crippen LogP contribution in [0.4, 0.5) is 0 Å². The highest BCUT2D eigenvalue weighted by Gasteiger charge is 2.35. The van der Waals surface area contributed by atoms with Gasteiger partial charge in [0.25, 0.3) is 0 Å². The molecule has 0 atom stereocenters. The minimum absolute atomic E-state index is 0.365. The van der Waals surface area contributed by atoms with Crippen LogP contribution in [-0.2, 0) is 0 Å². The summed E-state index contributed by atoms with van der Waals surface area (Å²) in [5.74, 6) is 0. The van der Waals surface area contributed by atoms with Crippen molar-refractivity contribution in [1.82, 2.24) is 4.90 Å². The quantitative estimate of drug-likeness (QED) is 0.670. The van der Waals surface area contributed by atoms with E-state index in [1.165, 1.54) is 64.2 Å². The SMILES string of the molecule is CC(C)(C)N(C1CCCCC1)C1CCCCC1. The average Bonchev–Trinajstić information content (AvgIpc) is 2.30. The van der Waals surface area contributed by atoms with E-state index in [-0.39, 0.29) is 0 Å². The van der Waals surface area contributed by atoms with Gasteiger partial charge in [0, 0.05) is 17.6 Å². The highest BCUT2D eigenvalue weighted by molar-refractivity contribution is 4.91. The average molecular weight is 237 g/mol. The third kappa shape index (κ3) is 3.47. The van der Waals surface area contributed by atoms with Gasteiger partial charge in [0.15, 0.2) is 0 Å². The Bertz CT molecular complexity index is 198. The summed E-state index contributed by atoms with van der Waals surface area (Å²) in [7, 11) is 0. The van der Waals surface area contributed by atoms with Crippen molar-refractivity contribution in [3.63, 3.8) is 0 Å². The summed E-state index contributed by atoms with van der Waals surface area (Å²) >= 11 is 0. The molecule has 0 aromatic rings. The van der Waals surface area contributed by atoms with E-state index in [0.717, 1.165) is 12.1 Å². The summed E-state index contributed by atoms with van der Waals surface area (Å²) in [5.41, 5.74) is 0.365. The number of rotatable bonds is 2. The van der Waals surface area contributed by atoms with E-state index in [1.54, 1.807) is 0 Å². The highest BCUT2D eigenvalue weighted by atomic mass is 15.2. The van der Waals surface area contributed by atoms with E-state index in [1.807, 2.05) is 0 Å². The lowest BCUT2D eigenvalue weighted by Gasteiger charge is -2.49. The van der Waals surface area contributed by atoms with Crippen LogP contribution in [0.5, 0.6) is 0 Å². The normalized spacial score (nSPS) is 25.4. The topological polar surface area (TPSA) is 3.24 Å². The van der Waals surface area contributed by atoms with Crippen molar-refractivity contribution in [2.75, 3.05) is 0 Å². The molecule has 0 saturated heterocycles. The van der Waals surface area contributed by atoms with Gasteiger partial charge in [0.05, 0.1) is 0 Å². The molecule has 0 unspecified atom stereocenters. The van der Waals surface area contributed by atoms with Gasteiger partial charge in [-0.3, -0.25) is 4.90 Å². The van der Waals surface area contributed by atoms with Crippen LogP contribution in [0.2, 0.25) is 0 Å². The largest absolute Gasteiger partial charge is 0.293 e. The van der Waals surface area contributed by atoms with Crippen molar-refractivity contribution in [2.24, 2.45) is 0 Å². The van der Waals surface area contributed by atoms with E-state index in [9.17, 15) is 0 Å². The zero-order chi connectivity index (χ0) is 12.3. The zero-order valence-corrected chi connectivity index (χ0v) is 12.2. The lowest BCUT2D eigenvalue weighted by molar-refractivity contribution is 0.00192. The van der Waals surface area contributed by atoms with Gasteiger partial charge in [-0.2, -0.15) is 0 Å². The van der Waals surface area contributed by atoms with Gasteiger partial charge in [-0.1, -0.05) is 38.5 Å². The van der Waals surface area contributed by atoms with Crippen molar-refractivity contribution in [1.29, 1.82) is 0 Å². The van der Waals surface area contributed by atoms with E-state index >= 15 is 0 Å². The number of nitrogens with zero attached hydrogens (tertiary/aromatic N) is 1. The summed E-state index contributed by atoms with van der Waals surface area (Å²) in [4.78, 5) is 2.91. The minimum atomic E-state index is 0.365. The highest BCUT2D eigenvalue weighted by Crippen LogP contribution is 2.35. The lowest BCUT2D eigenvalue weighted by Crippen LogP contribution is -2.54. The maximum absolute atomic E-state index is 2.91. The maximum Gasteiger partial charge on any atom is 0.0130 e. The Morgan fingerprint density at radius 1 is 0.647 bits per heavy atom. The molecule has 0 amide bonds. The zero-order valence-electron chi connectivity index (χ0n) is 12.2. The molecule has 2 rings (SSSR count). The lowest BCUT2D eigenvalue weighted by atomic mass is 9.85. The second kappa shape index (κ2) is 5.73. The molecule has 0 bridgehead atoms. The molecular weight excluding hydrogens is 206 g/mol. The Kier molecular flexibility index (Phi) is 4.52. The molecule has 2 aliphatic rings. The third-order valence-corrected chi connectivity index (χ3v) is 4.71. The smallest absolute Gasteiger partial charge is 0.0130 e. The first kappa shape index (κ1) is 13.4. The van der Waals surface area contributed by atoms with E-state index in [0.29, 0.717) is 5.54 Å². The van der Waals surface area contributed by atoms with Crippen LogP contribution in [0, 0.1) is 0 Å².